The Morgan fingerprint density at radius 1 is 0.930 bits per heavy atom. The van der Waals surface area contributed by atoms with Crippen molar-refractivity contribution in [1.29, 1.82) is 0 Å². The van der Waals surface area contributed by atoms with E-state index in [-0.39, 0.29) is 23.9 Å². The molecule has 7 nitrogen and oxygen atoms in total. The molecule has 0 aliphatic carbocycles. The Morgan fingerprint density at radius 2 is 1.65 bits per heavy atom. The van der Waals surface area contributed by atoms with Crippen LogP contribution in [-0.4, -0.2) is 58.8 Å². The second kappa shape index (κ2) is 14.7. The third-order valence-electron chi connectivity index (χ3n) is 8.29. The molecule has 1 aliphatic rings. The van der Waals surface area contributed by atoms with Gasteiger partial charge in [-0.2, -0.15) is 0 Å². The summed E-state index contributed by atoms with van der Waals surface area (Å²) in [6.07, 6.45) is 5.65. The topological polar surface area (TPSA) is 91.6 Å². The number of pyridine rings is 1. The van der Waals surface area contributed by atoms with Gasteiger partial charge in [0.05, 0.1) is 12.5 Å². The lowest BCUT2D eigenvalue weighted by Gasteiger charge is -2.42. The van der Waals surface area contributed by atoms with Crippen LogP contribution in [0, 0.1) is 0 Å². The van der Waals surface area contributed by atoms with E-state index in [1.54, 1.807) is 12.4 Å². The van der Waals surface area contributed by atoms with Gasteiger partial charge in [-0.1, -0.05) is 66.7 Å². The number of rotatable bonds is 11. The van der Waals surface area contributed by atoms with E-state index in [2.05, 4.69) is 63.4 Å². The standard InChI is InChI=1S/C36H41N5O2/c1-27(30-10-7-11-31(25-30)33-12-5-6-13-34(33)36(43)39-21-18-37)41(35(42)24-28-14-19-38-20-15-28)32-16-22-40(23-17-32)26-29-8-3-2-4-9-29/h2-15,19-20,25,27,32H,16-18,21-24,26,37H2,1H3,(H,39,43). The van der Waals surface area contributed by atoms with E-state index in [1.807, 2.05) is 54.6 Å². The second-order valence-electron chi connectivity index (χ2n) is 11.2. The van der Waals surface area contributed by atoms with Crippen molar-refractivity contribution in [2.45, 2.75) is 44.8 Å². The first-order valence-corrected chi connectivity index (χ1v) is 15.2. The fraction of sp³-hybridized carbons (Fsp3) is 0.306. The maximum absolute atomic E-state index is 14.0. The molecule has 0 saturated carbocycles. The number of aromatic nitrogens is 1. The van der Waals surface area contributed by atoms with E-state index in [0.717, 1.165) is 54.7 Å². The van der Waals surface area contributed by atoms with E-state index in [0.29, 0.717) is 25.1 Å². The molecule has 1 unspecified atom stereocenters. The number of nitrogens with zero attached hydrogens (tertiary/aromatic N) is 3. The molecule has 2 heterocycles. The Hall–Kier alpha value is -4.33. The van der Waals surface area contributed by atoms with Gasteiger partial charge in [0.1, 0.15) is 0 Å². The van der Waals surface area contributed by atoms with E-state index in [4.69, 9.17) is 5.73 Å². The highest BCUT2D eigenvalue weighted by Gasteiger charge is 2.32. The Balaban J connectivity index is 1.39. The van der Waals surface area contributed by atoms with Crippen LogP contribution in [0.2, 0.25) is 0 Å². The fourth-order valence-electron chi connectivity index (χ4n) is 6.04. The summed E-state index contributed by atoms with van der Waals surface area (Å²) in [6, 6.07) is 30.3. The highest BCUT2D eigenvalue weighted by atomic mass is 16.2. The summed E-state index contributed by atoms with van der Waals surface area (Å²) in [6.45, 7) is 5.74. The lowest BCUT2D eigenvalue weighted by atomic mass is 9.93. The van der Waals surface area contributed by atoms with Gasteiger partial charge in [0.25, 0.3) is 5.91 Å². The molecule has 1 aliphatic heterocycles. The van der Waals surface area contributed by atoms with E-state index >= 15 is 0 Å². The number of nitrogens with one attached hydrogen (secondary N) is 1. The maximum atomic E-state index is 14.0. The normalized spacial score (nSPS) is 14.7. The molecular formula is C36H41N5O2. The van der Waals surface area contributed by atoms with Gasteiger partial charge in [-0.15, -0.1) is 0 Å². The van der Waals surface area contributed by atoms with Gasteiger partial charge >= 0.3 is 0 Å². The lowest BCUT2D eigenvalue weighted by Crippen LogP contribution is -2.48. The summed E-state index contributed by atoms with van der Waals surface area (Å²) in [4.78, 5) is 35.6. The van der Waals surface area contributed by atoms with Gasteiger partial charge in [-0.3, -0.25) is 19.5 Å². The van der Waals surface area contributed by atoms with Crippen LogP contribution in [0.25, 0.3) is 11.1 Å². The third-order valence-corrected chi connectivity index (χ3v) is 8.29. The van der Waals surface area contributed by atoms with Crippen molar-refractivity contribution in [1.82, 2.24) is 20.1 Å². The van der Waals surface area contributed by atoms with Crippen LogP contribution in [0.4, 0.5) is 0 Å². The summed E-state index contributed by atoms with van der Waals surface area (Å²) in [5, 5.41) is 2.89. The molecule has 1 saturated heterocycles. The Bertz CT molecular complexity index is 1490. The lowest BCUT2D eigenvalue weighted by molar-refractivity contribution is -0.136. The number of benzene rings is 3. The van der Waals surface area contributed by atoms with Crippen LogP contribution in [0.3, 0.4) is 0 Å². The molecule has 1 atom stereocenters. The third kappa shape index (κ3) is 7.74. The smallest absolute Gasteiger partial charge is 0.251 e. The molecule has 222 valence electrons. The van der Waals surface area contributed by atoms with Crippen molar-refractivity contribution in [3.8, 4) is 11.1 Å². The highest BCUT2D eigenvalue weighted by Crippen LogP contribution is 2.32. The predicted molar refractivity (Wildman–Crippen MR) is 171 cm³/mol. The van der Waals surface area contributed by atoms with Crippen LogP contribution in [-0.2, 0) is 17.8 Å². The summed E-state index contributed by atoms with van der Waals surface area (Å²) >= 11 is 0. The molecule has 5 rings (SSSR count). The number of carbonyl (C=O) groups is 2. The summed E-state index contributed by atoms with van der Waals surface area (Å²) < 4.78 is 0. The van der Waals surface area contributed by atoms with Gasteiger partial charge in [0.15, 0.2) is 0 Å². The molecule has 3 N–H and O–H groups in total. The van der Waals surface area contributed by atoms with Crippen LogP contribution in [0.1, 0.15) is 52.9 Å². The Labute approximate surface area is 254 Å². The quantitative estimate of drug-likeness (QED) is 0.256. The molecule has 7 heteroatoms. The van der Waals surface area contributed by atoms with E-state index in [9.17, 15) is 9.59 Å². The minimum atomic E-state index is -0.143. The first kappa shape index (κ1) is 30.1. The molecule has 1 fully saturated rings. The van der Waals surface area contributed by atoms with Crippen molar-refractivity contribution in [3.63, 3.8) is 0 Å². The predicted octanol–water partition coefficient (Wildman–Crippen LogP) is 5.23. The first-order chi connectivity index (χ1) is 21.0. The highest BCUT2D eigenvalue weighted by molar-refractivity contribution is 6.00. The zero-order chi connectivity index (χ0) is 30.0. The van der Waals surface area contributed by atoms with Crippen molar-refractivity contribution in [2.24, 2.45) is 5.73 Å². The number of likely N-dealkylation sites (tertiary alicyclic amines) is 1. The molecule has 43 heavy (non-hydrogen) atoms. The number of nitrogens with two attached hydrogens (primary N) is 1. The largest absolute Gasteiger partial charge is 0.351 e. The fourth-order valence-corrected chi connectivity index (χ4v) is 6.04. The molecule has 0 spiro atoms. The first-order valence-electron chi connectivity index (χ1n) is 15.2. The van der Waals surface area contributed by atoms with Gasteiger partial charge in [-0.05, 0) is 71.8 Å². The molecule has 4 aromatic rings. The summed E-state index contributed by atoms with van der Waals surface area (Å²) in [7, 11) is 0. The molecule has 1 aromatic heterocycles. The SMILES string of the molecule is CC(c1cccc(-c2ccccc2C(=O)NCCN)c1)N(C(=O)Cc1ccncc1)C1CCN(Cc2ccccc2)CC1. The molecular weight excluding hydrogens is 534 g/mol. The van der Waals surface area contributed by atoms with Crippen molar-refractivity contribution in [3.05, 3.63) is 126 Å². The number of amides is 2. The van der Waals surface area contributed by atoms with Gasteiger partial charge < -0.3 is 16.0 Å². The van der Waals surface area contributed by atoms with Gasteiger partial charge in [0, 0.05) is 56.7 Å². The van der Waals surface area contributed by atoms with Crippen molar-refractivity contribution >= 4 is 11.8 Å². The number of hydrogen-bond acceptors (Lipinski definition) is 5. The Morgan fingerprint density at radius 3 is 2.40 bits per heavy atom. The number of carbonyl (C=O) groups excluding carboxylic acids is 2. The minimum absolute atomic E-state index is 0.118. The van der Waals surface area contributed by atoms with Crippen LogP contribution >= 0.6 is 0 Å². The minimum Gasteiger partial charge on any atom is -0.351 e. The number of piperidine rings is 1. The van der Waals surface area contributed by atoms with Crippen molar-refractivity contribution < 1.29 is 9.59 Å². The van der Waals surface area contributed by atoms with E-state index in [1.165, 1.54) is 5.56 Å². The summed E-state index contributed by atoms with van der Waals surface area (Å²) in [5.74, 6) is -0.0249. The second-order valence-corrected chi connectivity index (χ2v) is 11.2. The molecule has 3 aromatic carbocycles. The maximum Gasteiger partial charge on any atom is 0.251 e. The average Bonchev–Trinajstić information content (AvgIpc) is 3.05. The van der Waals surface area contributed by atoms with Crippen LogP contribution < -0.4 is 11.1 Å². The average molecular weight is 576 g/mol. The molecule has 0 bridgehead atoms. The zero-order valence-corrected chi connectivity index (χ0v) is 24.9. The van der Waals surface area contributed by atoms with Gasteiger partial charge in [0.2, 0.25) is 5.91 Å². The summed E-state index contributed by atoms with van der Waals surface area (Å²) in [5.41, 5.74) is 11.3. The van der Waals surface area contributed by atoms with Crippen LogP contribution in [0.5, 0.6) is 0 Å². The molecule has 2 amide bonds. The zero-order valence-electron chi connectivity index (χ0n) is 24.9. The monoisotopic (exact) mass is 575 g/mol. The number of hydrogen-bond donors (Lipinski definition) is 2. The van der Waals surface area contributed by atoms with Gasteiger partial charge in [-0.25, -0.2) is 0 Å². The molecule has 0 radical (unpaired) electrons. The van der Waals surface area contributed by atoms with E-state index < -0.39 is 0 Å². The Kier molecular flexibility index (Phi) is 10.3. The van der Waals surface area contributed by atoms with Crippen LogP contribution in [0.15, 0.2) is 103 Å². The van der Waals surface area contributed by atoms with Crippen molar-refractivity contribution in [2.75, 3.05) is 26.2 Å².